The van der Waals surface area contributed by atoms with Gasteiger partial charge in [-0.15, -0.1) is 0 Å². The first-order chi connectivity index (χ1) is 9.08. The third kappa shape index (κ3) is 4.96. The number of hydrogen-bond donors (Lipinski definition) is 1. The average Bonchev–Trinajstić information content (AvgIpc) is 2.42. The van der Waals surface area contributed by atoms with Crippen LogP contribution in [0.15, 0.2) is 18.2 Å². The van der Waals surface area contributed by atoms with Crippen LogP contribution in [0.3, 0.4) is 0 Å². The molecule has 0 aromatic heterocycles. The smallest absolute Gasteiger partial charge is 0.340 e. The number of carbonyl (C=O) groups excluding carboxylic acids is 1. The largest absolute Gasteiger partial charge is 0.465 e. The van der Waals surface area contributed by atoms with Crippen molar-refractivity contribution >= 4 is 5.97 Å². The molecule has 1 rings (SSSR count). The van der Waals surface area contributed by atoms with Crippen LogP contribution in [0.2, 0.25) is 0 Å². The van der Waals surface area contributed by atoms with Gasteiger partial charge in [0.15, 0.2) is 0 Å². The van der Waals surface area contributed by atoms with Crippen LogP contribution in [0.25, 0.3) is 0 Å². The van der Waals surface area contributed by atoms with Crippen LogP contribution in [-0.4, -0.2) is 44.7 Å². The summed E-state index contributed by atoms with van der Waals surface area (Å²) < 4.78 is 18.1. The molecule has 0 amide bonds. The highest BCUT2D eigenvalue weighted by atomic mass is 19.1. The molecule has 5 heteroatoms. The summed E-state index contributed by atoms with van der Waals surface area (Å²) in [5, 5.41) is 3.23. The van der Waals surface area contributed by atoms with E-state index in [1.165, 1.54) is 19.2 Å². The van der Waals surface area contributed by atoms with Crippen molar-refractivity contribution in [1.82, 2.24) is 10.2 Å². The number of hydrogen-bond acceptors (Lipinski definition) is 4. The lowest BCUT2D eigenvalue weighted by Gasteiger charge is -2.14. The Hall–Kier alpha value is -1.46. The monoisotopic (exact) mass is 268 g/mol. The van der Waals surface area contributed by atoms with Crippen LogP contribution in [0, 0.1) is 5.82 Å². The van der Waals surface area contributed by atoms with Gasteiger partial charge in [0, 0.05) is 19.6 Å². The van der Waals surface area contributed by atoms with Gasteiger partial charge >= 0.3 is 5.97 Å². The minimum absolute atomic E-state index is 0.0306. The first-order valence-electron chi connectivity index (χ1n) is 6.34. The van der Waals surface area contributed by atoms with E-state index in [1.807, 2.05) is 7.05 Å². The second-order valence-corrected chi connectivity index (χ2v) is 4.38. The predicted octanol–water partition coefficient (Wildman–Crippen LogP) is 1.65. The van der Waals surface area contributed by atoms with Crippen molar-refractivity contribution in [2.45, 2.75) is 13.5 Å². The van der Waals surface area contributed by atoms with Crippen LogP contribution in [0.1, 0.15) is 22.8 Å². The molecule has 0 atom stereocenters. The Bertz CT molecular complexity index is 424. The molecule has 0 aliphatic rings. The number of nitrogens with zero attached hydrogens (tertiary/aromatic N) is 1. The Balaban J connectivity index is 2.48. The maximum absolute atomic E-state index is 13.6. The molecule has 0 aliphatic carbocycles. The van der Waals surface area contributed by atoms with Gasteiger partial charge in [-0.2, -0.15) is 0 Å². The van der Waals surface area contributed by atoms with Gasteiger partial charge in [0.05, 0.1) is 12.7 Å². The summed E-state index contributed by atoms with van der Waals surface area (Å²) in [6, 6.07) is 4.55. The molecule has 106 valence electrons. The zero-order valence-electron chi connectivity index (χ0n) is 11.7. The number of ether oxygens (including phenoxy) is 1. The maximum Gasteiger partial charge on any atom is 0.340 e. The summed E-state index contributed by atoms with van der Waals surface area (Å²) in [5.41, 5.74) is 0.779. The van der Waals surface area contributed by atoms with E-state index in [0.29, 0.717) is 6.54 Å². The lowest BCUT2D eigenvalue weighted by Crippen LogP contribution is -2.28. The van der Waals surface area contributed by atoms with E-state index >= 15 is 0 Å². The van der Waals surface area contributed by atoms with Crippen LogP contribution in [0.5, 0.6) is 0 Å². The Morgan fingerprint density at radius 1 is 1.47 bits per heavy atom. The number of likely N-dealkylation sites (N-methyl/N-ethyl adjacent to an activating group) is 1. The number of rotatable bonds is 7. The first kappa shape index (κ1) is 15.6. The molecule has 0 radical (unpaired) electrons. The van der Waals surface area contributed by atoms with E-state index in [2.05, 4.69) is 21.9 Å². The number of carbonyl (C=O) groups is 1. The number of esters is 1. The van der Waals surface area contributed by atoms with Gasteiger partial charge in [-0.05, 0) is 31.3 Å². The van der Waals surface area contributed by atoms with E-state index in [0.717, 1.165) is 25.2 Å². The summed E-state index contributed by atoms with van der Waals surface area (Å²) in [5.74, 6) is -1.20. The fraction of sp³-hybridized carbons (Fsp3) is 0.500. The second-order valence-electron chi connectivity index (χ2n) is 4.38. The molecule has 0 spiro atoms. The van der Waals surface area contributed by atoms with Crippen molar-refractivity contribution in [2.24, 2.45) is 0 Å². The Kier molecular flexibility index (Phi) is 6.45. The third-order valence-electron chi connectivity index (χ3n) is 2.98. The van der Waals surface area contributed by atoms with E-state index in [9.17, 15) is 9.18 Å². The molecule has 0 bridgehead atoms. The molecule has 0 unspecified atom stereocenters. The van der Waals surface area contributed by atoms with Crippen LogP contribution >= 0.6 is 0 Å². The fourth-order valence-corrected chi connectivity index (χ4v) is 1.60. The van der Waals surface area contributed by atoms with Crippen molar-refractivity contribution in [2.75, 3.05) is 33.8 Å². The highest BCUT2D eigenvalue weighted by molar-refractivity contribution is 5.89. The van der Waals surface area contributed by atoms with Crippen LogP contribution in [-0.2, 0) is 11.3 Å². The Morgan fingerprint density at radius 3 is 2.79 bits per heavy atom. The van der Waals surface area contributed by atoms with Gasteiger partial charge in [-0.25, -0.2) is 9.18 Å². The van der Waals surface area contributed by atoms with Crippen molar-refractivity contribution in [3.05, 3.63) is 35.1 Å². The summed E-state index contributed by atoms with van der Waals surface area (Å²) in [6.07, 6.45) is 0. The molecule has 19 heavy (non-hydrogen) atoms. The van der Waals surface area contributed by atoms with Gasteiger partial charge in [0.1, 0.15) is 5.82 Å². The maximum atomic E-state index is 13.6. The van der Waals surface area contributed by atoms with Crippen molar-refractivity contribution in [3.63, 3.8) is 0 Å². The number of benzene rings is 1. The van der Waals surface area contributed by atoms with Crippen molar-refractivity contribution in [3.8, 4) is 0 Å². The SMILES string of the molecule is CCN(C)CCNCc1ccc(C(=O)OC)c(F)c1. The topological polar surface area (TPSA) is 41.6 Å². The van der Waals surface area contributed by atoms with Gasteiger partial charge in [0.25, 0.3) is 0 Å². The summed E-state index contributed by atoms with van der Waals surface area (Å²) >= 11 is 0. The highest BCUT2D eigenvalue weighted by Crippen LogP contribution is 2.11. The quantitative estimate of drug-likeness (QED) is 0.603. The normalized spacial score (nSPS) is 10.8. The number of methoxy groups -OCH3 is 1. The highest BCUT2D eigenvalue weighted by Gasteiger charge is 2.11. The summed E-state index contributed by atoms with van der Waals surface area (Å²) in [4.78, 5) is 13.4. The Labute approximate surface area is 113 Å². The molecule has 1 aromatic carbocycles. The van der Waals surface area contributed by atoms with Gasteiger partial charge in [-0.1, -0.05) is 13.0 Å². The molecule has 0 saturated carbocycles. The molecule has 0 heterocycles. The Morgan fingerprint density at radius 2 is 2.21 bits per heavy atom. The molecule has 1 aromatic rings. The summed E-state index contributed by atoms with van der Waals surface area (Å²) in [7, 11) is 3.29. The predicted molar refractivity (Wildman–Crippen MR) is 72.6 cm³/mol. The van der Waals surface area contributed by atoms with E-state index in [-0.39, 0.29) is 5.56 Å². The van der Waals surface area contributed by atoms with Gasteiger partial charge < -0.3 is 15.0 Å². The number of halogens is 1. The van der Waals surface area contributed by atoms with Gasteiger partial charge in [0.2, 0.25) is 0 Å². The van der Waals surface area contributed by atoms with Crippen LogP contribution in [0.4, 0.5) is 4.39 Å². The van der Waals surface area contributed by atoms with Crippen molar-refractivity contribution < 1.29 is 13.9 Å². The second kappa shape index (κ2) is 7.86. The summed E-state index contributed by atoms with van der Waals surface area (Å²) in [6.45, 7) is 5.46. The molecule has 0 saturated heterocycles. The van der Waals surface area contributed by atoms with Crippen LogP contribution < -0.4 is 5.32 Å². The molecule has 1 N–H and O–H groups in total. The minimum Gasteiger partial charge on any atom is -0.465 e. The lowest BCUT2D eigenvalue weighted by molar-refractivity contribution is 0.0595. The lowest BCUT2D eigenvalue weighted by atomic mass is 10.1. The fourth-order valence-electron chi connectivity index (χ4n) is 1.60. The van der Waals surface area contributed by atoms with Gasteiger partial charge in [-0.3, -0.25) is 0 Å². The average molecular weight is 268 g/mol. The standard InChI is InChI=1S/C14H21FN2O2/c1-4-17(2)8-7-16-10-11-5-6-12(13(15)9-11)14(18)19-3/h5-6,9,16H,4,7-8,10H2,1-3H3. The molecule has 0 aliphatic heterocycles. The van der Waals surface area contributed by atoms with E-state index in [4.69, 9.17) is 0 Å². The molecular formula is C14H21FN2O2. The van der Waals surface area contributed by atoms with E-state index in [1.54, 1.807) is 6.07 Å². The molecular weight excluding hydrogens is 247 g/mol. The first-order valence-corrected chi connectivity index (χ1v) is 6.34. The van der Waals surface area contributed by atoms with E-state index < -0.39 is 11.8 Å². The molecule has 0 fully saturated rings. The zero-order valence-corrected chi connectivity index (χ0v) is 11.7. The minimum atomic E-state index is -0.651. The number of nitrogens with one attached hydrogen (secondary N) is 1. The van der Waals surface area contributed by atoms with Crippen molar-refractivity contribution in [1.29, 1.82) is 0 Å². The third-order valence-corrected chi connectivity index (χ3v) is 2.98. The zero-order chi connectivity index (χ0) is 14.3. The molecule has 4 nitrogen and oxygen atoms in total.